The zero-order chi connectivity index (χ0) is 16.6. The molecule has 3 rings (SSSR count). The Morgan fingerprint density at radius 1 is 0.957 bits per heavy atom. The Morgan fingerprint density at radius 2 is 1.70 bits per heavy atom. The number of hydrogen-bond acceptors (Lipinski definition) is 2. The summed E-state index contributed by atoms with van der Waals surface area (Å²) >= 11 is 0. The summed E-state index contributed by atoms with van der Waals surface area (Å²) in [6.45, 7) is 1.73. The predicted molar refractivity (Wildman–Crippen MR) is 81.2 cm³/mol. The van der Waals surface area contributed by atoms with E-state index >= 15 is 0 Å². The zero-order valence-corrected chi connectivity index (χ0v) is 12.1. The van der Waals surface area contributed by atoms with Gasteiger partial charge < -0.3 is 5.32 Å². The van der Waals surface area contributed by atoms with Crippen molar-refractivity contribution in [3.63, 3.8) is 0 Å². The largest absolute Gasteiger partial charge is 0.418 e. The van der Waals surface area contributed by atoms with Crippen LogP contribution in [0.3, 0.4) is 0 Å². The van der Waals surface area contributed by atoms with E-state index in [9.17, 15) is 17.6 Å². The van der Waals surface area contributed by atoms with Crippen molar-refractivity contribution in [2.45, 2.75) is 13.1 Å². The van der Waals surface area contributed by atoms with Gasteiger partial charge in [-0.05, 0) is 43.3 Å². The van der Waals surface area contributed by atoms with Crippen LogP contribution in [0.2, 0.25) is 0 Å². The second kappa shape index (κ2) is 5.53. The number of pyridine rings is 1. The number of nitrogens with one attached hydrogen (secondary N) is 1. The van der Waals surface area contributed by atoms with E-state index in [4.69, 9.17) is 0 Å². The van der Waals surface area contributed by atoms with Crippen LogP contribution in [-0.2, 0) is 6.18 Å². The molecule has 2 nitrogen and oxygen atoms in total. The number of anilines is 2. The normalized spacial score (nSPS) is 11.7. The summed E-state index contributed by atoms with van der Waals surface area (Å²) < 4.78 is 52.8. The molecule has 1 N–H and O–H groups in total. The second-order valence-electron chi connectivity index (χ2n) is 5.14. The van der Waals surface area contributed by atoms with Gasteiger partial charge in [-0.1, -0.05) is 12.1 Å². The third kappa shape index (κ3) is 3.11. The van der Waals surface area contributed by atoms with Crippen molar-refractivity contribution in [3.05, 3.63) is 65.6 Å². The number of aromatic nitrogens is 1. The van der Waals surface area contributed by atoms with Crippen molar-refractivity contribution in [3.8, 4) is 0 Å². The van der Waals surface area contributed by atoms with E-state index in [0.717, 1.165) is 6.07 Å². The SMILES string of the molecule is Cc1cc(Nc2ccccc2C(F)(F)F)c2cc(F)ccc2n1. The Bertz CT molecular complexity index is 872. The van der Waals surface area contributed by atoms with Gasteiger partial charge in [0.2, 0.25) is 0 Å². The second-order valence-corrected chi connectivity index (χ2v) is 5.14. The molecule has 1 heterocycles. The van der Waals surface area contributed by atoms with Gasteiger partial charge in [0.1, 0.15) is 5.82 Å². The van der Waals surface area contributed by atoms with Crippen LogP contribution in [0, 0.1) is 12.7 Å². The molecular weight excluding hydrogens is 308 g/mol. The maximum absolute atomic E-state index is 13.5. The summed E-state index contributed by atoms with van der Waals surface area (Å²) in [5.74, 6) is -0.477. The summed E-state index contributed by atoms with van der Waals surface area (Å²) in [4.78, 5) is 4.26. The minimum Gasteiger partial charge on any atom is -0.354 e. The molecule has 1 aromatic heterocycles. The quantitative estimate of drug-likeness (QED) is 0.636. The van der Waals surface area contributed by atoms with Crippen LogP contribution in [0.25, 0.3) is 10.9 Å². The summed E-state index contributed by atoms with van der Waals surface area (Å²) in [5, 5.41) is 3.19. The zero-order valence-electron chi connectivity index (χ0n) is 12.1. The highest BCUT2D eigenvalue weighted by molar-refractivity contribution is 5.93. The Balaban J connectivity index is 2.14. The number of aryl methyl sites for hydroxylation is 1. The Morgan fingerprint density at radius 3 is 2.43 bits per heavy atom. The van der Waals surface area contributed by atoms with E-state index in [1.54, 1.807) is 13.0 Å². The molecule has 118 valence electrons. The van der Waals surface area contributed by atoms with E-state index in [1.807, 2.05) is 0 Å². The van der Waals surface area contributed by atoms with Gasteiger partial charge >= 0.3 is 6.18 Å². The number of hydrogen-bond donors (Lipinski definition) is 1. The molecule has 0 saturated carbocycles. The molecular formula is C17H12F4N2. The summed E-state index contributed by atoms with van der Waals surface area (Å²) in [6, 6.07) is 10.8. The van der Waals surface area contributed by atoms with Gasteiger partial charge in [-0.15, -0.1) is 0 Å². The lowest BCUT2D eigenvalue weighted by atomic mass is 10.1. The highest BCUT2D eigenvalue weighted by Crippen LogP contribution is 2.37. The van der Waals surface area contributed by atoms with Crippen LogP contribution in [-0.4, -0.2) is 4.98 Å². The van der Waals surface area contributed by atoms with Crippen LogP contribution in [0.4, 0.5) is 28.9 Å². The highest BCUT2D eigenvalue weighted by atomic mass is 19.4. The molecule has 23 heavy (non-hydrogen) atoms. The molecule has 0 unspecified atom stereocenters. The predicted octanol–water partition coefficient (Wildman–Crippen LogP) is 5.44. The van der Waals surface area contributed by atoms with Crippen molar-refractivity contribution in [2.75, 3.05) is 5.32 Å². The standard InChI is InChI=1S/C17H12F4N2/c1-10-8-16(12-9-11(18)6-7-14(12)22-10)23-15-5-3-2-4-13(15)17(19,20)21/h2-9H,1H3,(H,22,23). The fourth-order valence-electron chi connectivity index (χ4n) is 2.42. The van der Waals surface area contributed by atoms with E-state index in [2.05, 4.69) is 10.3 Å². The number of alkyl halides is 3. The van der Waals surface area contributed by atoms with Crippen molar-refractivity contribution in [1.82, 2.24) is 4.98 Å². The summed E-state index contributed by atoms with van der Waals surface area (Å²) in [7, 11) is 0. The maximum atomic E-state index is 13.5. The van der Waals surface area contributed by atoms with Crippen molar-refractivity contribution < 1.29 is 17.6 Å². The molecule has 0 atom stereocenters. The number of para-hydroxylation sites is 1. The molecule has 0 aliphatic carbocycles. The van der Waals surface area contributed by atoms with E-state index in [-0.39, 0.29) is 5.69 Å². The molecule has 0 amide bonds. The van der Waals surface area contributed by atoms with Crippen LogP contribution in [0.5, 0.6) is 0 Å². The van der Waals surface area contributed by atoms with Gasteiger partial charge in [0.15, 0.2) is 0 Å². The van der Waals surface area contributed by atoms with Gasteiger partial charge in [0.05, 0.1) is 16.8 Å². The Labute approximate surface area is 129 Å². The van der Waals surface area contributed by atoms with Gasteiger partial charge in [-0.2, -0.15) is 13.2 Å². The first kappa shape index (κ1) is 15.3. The fraction of sp³-hybridized carbons (Fsp3) is 0.118. The first-order valence-electron chi connectivity index (χ1n) is 6.85. The van der Waals surface area contributed by atoms with Crippen molar-refractivity contribution in [1.29, 1.82) is 0 Å². The third-order valence-corrected chi connectivity index (χ3v) is 3.40. The Kier molecular flexibility index (Phi) is 3.67. The maximum Gasteiger partial charge on any atom is 0.418 e. The number of benzene rings is 2. The van der Waals surface area contributed by atoms with E-state index in [0.29, 0.717) is 22.3 Å². The number of rotatable bonds is 2. The first-order chi connectivity index (χ1) is 10.8. The van der Waals surface area contributed by atoms with Gasteiger partial charge in [-0.25, -0.2) is 4.39 Å². The third-order valence-electron chi connectivity index (χ3n) is 3.40. The lowest BCUT2D eigenvalue weighted by Crippen LogP contribution is -2.08. The lowest BCUT2D eigenvalue weighted by Gasteiger charge is -2.16. The van der Waals surface area contributed by atoms with Crippen LogP contribution in [0.15, 0.2) is 48.5 Å². The molecule has 0 spiro atoms. The van der Waals surface area contributed by atoms with Gasteiger partial charge in [-0.3, -0.25) is 4.98 Å². The molecule has 0 bridgehead atoms. The number of halogens is 4. The summed E-state index contributed by atoms with van der Waals surface area (Å²) in [5.41, 5.74) is 0.647. The van der Waals surface area contributed by atoms with Gasteiger partial charge in [0.25, 0.3) is 0 Å². The van der Waals surface area contributed by atoms with E-state index < -0.39 is 17.6 Å². The molecule has 0 saturated heterocycles. The molecule has 0 fully saturated rings. The van der Waals surface area contributed by atoms with Crippen molar-refractivity contribution in [2.24, 2.45) is 0 Å². The average molecular weight is 320 g/mol. The molecule has 3 aromatic rings. The minimum atomic E-state index is -4.48. The molecule has 2 aromatic carbocycles. The van der Waals surface area contributed by atoms with Gasteiger partial charge in [0, 0.05) is 16.8 Å². The topological polar surface area (TPSA) is 24.9 Å². The molecule has 6 heteroatoms. The highest BCUT2D eigenvalue weighted by Gasteiger charge is 2.33. The minimum absolute atomic E-state index is 0.0869. The first-order valence-corrected chi connectivity index (χ1v) is 6.85. The molecule has 0 radical (unpaired) electrons. The monoisotopic (exact) mass is 320 g/mol. The van der Waals surface area contributed by atoms with Crippen LogP contribution >= 0.6 is 0 Å². The van der Waals surface area contributed by atoms with Crippen molar-refractivity contribution >= 4 is 22.3 Å². The summed E-state index contributed by atoms with van der Waals surface area (Å²) in [6.07, 6.45) is -4.48. The van der Waals surface area contributed by atoms with Crippen LogP contribution < -0.4 is 5.32 Å². The molecule has 0 aliphatic heterocycles. The fourth-order valence-corrected chi connectivity index (χ4v) is 2.42. The number of nitrogens with zero attached hydrogens (tertiary/aromatic N) is 1. The smallest absolute Gasteiger partial charge is 0.354 e. The molecule has 0 aliphatic rings. The Hall–Kier alpha value is -2.63. The lowest BCUT2D eigenvalue weighted by molar-refractivity contribution is -0.136. The van der Waals surface area contributed by atoms with E-state index in [1.165, 1.54) is 36.4 Å². The number of fused-ring (bicyclic) bond motifs is 1. The average Bonchev–Trinajstić information content (AvgIpc) is 2.47. The van der Waals surface area contributed by atoms with Crippen LogP contribution in [0.1, 0.15) is 11.3 Å².